The van der Waals surface area contributed by atoms with E-state index >= 15 is 0 Å². The van der Waals surface area contributed by atoms with Crippen molar-refractivity contribution < 1.29 is 4.79 Å². The minimum absolute atomic E-state index is 0.0613. The van der Waals surface area contributed by atoms with Gasteiger partial charge in [-0.3, -0.25) is 9.36 Å². The van der Waals surface area contributed by atoms with Crippen molar-refractivity contribution in [1.29, 1.82) is 0 Å². The van der Waals surface area contributed by atoms with Gasteiger partial charge in [0, 0.05) is 21.8 Å². The topological polar surface area (TPSA) is 47.8 Å². The standard InChI is InChI=1S/C23H18ClN3OS/c1-16(21(28)17-8-4-2-5-9-17)29-23-26-25-22(18-12-14-19(24)15-13-18)27(23)20-10-6-3-7-11-20/h2-16H,1H3. The number of Topliss-reactive ketones (excluding diaryl/α,β-unsaturated/α-hetero) is 1. The van der Waals surface area contributed by atoms with E-state index in [-0.39, 0.29) is 11.0 Å². The second-order valence-corrected chi connectivity index (χ2v) is 8.22. The second kappa shape index (κ2) is 8.64. The molecule has 1 atom stereocenters. The fourth-order valence-electron chi connectivity index (χ4n) is 2.99. The Balaban J connectivity index is 1.72. The molecule has 0 N–H and O–H groups in total. The summed E-state index contributed by atoms with van der Waals surface area (Å²) in [5.41, 5.74) is 2.53. The fraction of sp³-hybridized carbons (Fsp3) is 0.0870. The maximum absolute atomic E-state index is 12.8. The van der Waals surface area contributed by atoms with Gasteiger partial charge in [0.1, 0.15) is 0 Å². The zero-order valence-electron chi connectivity index (χ0n) is 15.7. The third kappa shape index (κ3) is 4.26. The van der Waals surface area contributed by atoms with E-state index in [2.05, 4.69) is 10.2 Å². The Morgan fingerprint density at radius 3 is 2.17 bits per heavy atom. The molecule has 0 bridgehead atoms. The van der Waals surface area contributed by atoms with Crippen LogP contribution in [0.25, 0.3) is 17.1 Å². The van der Waals surface area contributed by atoms with Crippen LogP contribution in [0.3, 0.4) is 0 Å². The third-order valence-corrected chi connectivity index (χ3v) is 5.75. The summed E-state index contributed by atoms with van der Waals surface area (Å²) in [4.78, 5) is 12.8. The first-order valence-corrected chi connectivity index (χ1v) is 10.4. The molecule has 0 aliphatic heterocycles. The Kier molecular flexibility index (Phi) is 5.79. The van der Waals surface area contributed by atoms with Crippen LogP contribution in [0.15, 0.2) is 90.1 Å². The Morgan fingerprint density at radius 2 is 1.52 bits per heavy atom. The molecule has 0 saturated carbocycles. The second-order valence-electron chi connectivity index (χ2n) is 6.47. The van der Waals surface area contributed by atoms with Crippen molar-refractivity contribution in [2.75, 3.05) is 0 Å². The Bertz CT molecular complexity index is 1110. The number of thioether (sulfide) groups is 1. The molecule has 4 aromatic rings. The molecule has 0 aliphatic rings. The molecule has 6 heteroatoms. The highest BCUT2D eigenvalue weighted by Gasteiger charge is 2.22. The average molecular weight is 420 g/mol. The maximum atomic E-state index is 12.8. The molecule has 0 amide bonds. The lowest BCUT2D eigenvalue weighted by Gasteiger charge is -2.13. The average Bonchev–Trinajstić information content (AvgIpc) is 3.18. The van der Waals surface area contributed by atoms with E-state index in [1.807, 2.05) is 96.4 Å². The summed E-state index contributed by atoms with van der Waals surface area (Å²) >= 11 is 7.44. The summed E-state index contributed by atoms with van der Waals surface area (Å²) in [6.45, 7) is 1.89. The Labute approximate surface area is 178 Å². The van der Waals surface area contributed by atoms with E-state index in [4.69, 9.17) is 11.6 Å². The van der Waals surface area contributed by atoms with E-state index in [0.717, 1.165) is 11.3 Å². The first-order chi connectivity index (χ1) is 14.1. The van der Waals surface area contributed by atoms with Crippen LogP contribution in [0.5, 0.6) is 0 Å². The molecule has 0 aliphatic carbocycles. The Morgan fingerprint density at radius 1 is 0.897 bits per heavy atom. The molecule has 1 unspecified atom stereocenters. The highest BCUT2D eigenvalue weighted by atomic mass is 35.5. The minimum Gasteiger partial charge on any atom is -0.293 e. The molecule has 0 saturated heterocycles. The van der Waals surface area contributed by atoms with Gasteiger partial charge >= 0.3 is 0 Å². The number of hydrogen-bond acceptors (Lipinski definition) is 4. The molecule has 29 heavy (non-hydrogen) atoms. The van der Waals surface area contributed by atoms with Gasteiger partial charge in [0.15, 0.2) is 16.8 Å². The molecule has 3 aromatic carbocycles. The van der Waals surface area contributed by atoms with Crippen LogP contribution in [-0.2, 0) is 0 Å². The summed E-state index contributed by atoms with van der Waals surface area (Å²) in [6, 6.07) is 26.7. The van der Waals surface area contributed by atoms with E-state index in [9.17, 15) is 4.79 Å². The highest BCUT2D eigenvalue weighted by molar-refractivity contribution is 8.00. The number of ketones is 1. The predicted molar refractivity (Wildman–Crippen MR) is 118 cm³/mol. The molecule has 1 heterocycles. The molecule has 144 valence electrons. The van der Waals surface area contributed by atoms with Crippen LogP contribution in [0.2, 0.25) is 5.02 Å². The molecule has 4 rings (SSSR count). The van der Waals surface area contributed by atoms with Gasteiger partial charge in [-0.25, -0.2) is 0 Å². The lowest BCUT2D eigenvalue weighted by Crippen LogP contribution is -2.14. The summed E-state index contributed by atoms with van der Waals surface area (Å²) < 4.78 is 1.97. The van der Waals surface area contributed by atoms with Crippen LogP contribution >= 0.6 is 23.4 Å². The Hall–Kier alpha value is -2.89. The van der Waals surface area contributed by atoms with E-state index in [1.54, 1.807) is 0 Å². The number of halogens is 1. The van der Waals surface area contributed by atoms with Gasteiger partial charge in [-0.15, -0.1) is 10.2 Å². The van der Waals surface area contributed by atoms with Gasteiger partial charge in [-0.2, -0.15) is 0 Å². The first kappa shape index (κ1) is 19.4. The molecule has 0 spiro atoms. The molecule has 4 nitrogen and oxygen atoms in total. The molecular formula is C23H18ClN3OS. The van der Waals surface area contributed by atoms with Gasteiger partial charge in [0.2, 0.25) is 0 Å². The van der Waals surface area contributed by atoms with Gasteiger partial charge in [-0.05, 0) is 43.3 Å². The van der Waals surface area contributed by atoms with Gasteiger partial charge < -0.3 is 0 Å². The van der Waals surface area contributed by atoms with Gasteiger partial charge in [0.05, 0.1) is 5.25 Å². The van der Waals surface area contributed by atoms with Crippen molar-refractivity contribution in [3.8, 4) is 17.1 Å². The first-order valence-electron chi connectivity index (χ1n) is 9.16. The number of nitrogens with zero attached hydrogens (tertiary/aromatic N) is 3. The highest BCUT2D eigenvalue weighted by Crippen LogP contribution is 2.31. The van der Waals surface area contributed by atoms with Crippen LogP contribution in [-0.4, -0.2) is 25.8 Å². The monoisotopic (exact) mass is 419 g/mol. The van der Waals surface area contributed by atoms with E-state index in [1.165, 1.54) is 11.8 Å². The quantitative estimate of drug-likeness (QED) is 0.286. The van der Waals surface area contributed by atoms with Crippen molar-refractivity contribution >= 4 is 29.1 Å². The third-order valence-electron chi connectivity index (χ3n) is 4.46. The number of rotatable bonds is 6. The zero-order chi connectivity index (χ0) is 20.2. The van der Waals surface area contributed by atoms with Crippen molar-refractivity contribution in [3.05, 3.63) is 95.5 Å². The number of carbonyl (C=O) groups excluding carboxylic acids is 1. The van der Waals surface area contributed by atoms with Crippen molar-refractivity contribution in [3.63, 3.8) is 0 Å². The SMILES string of the molecule is CC(Sc1nnc(-c2ccc(Cl)cc2)n1-c1ccccc1)C(=O)c1ccccc1. The normalized spacial score (nSPS) is 11.9. The summed E-state index contributed by atoms with van der Waals surface area (Å²) in [7, 11) is 0. The molecule has 1 aromatic heterocycles. The molecule has 0 fully saturated rings. The molecule has 0 radical (unpaired) electrons. The number of hydrogen-bond donors (Lipinski definition) is 0. The summed E-state index contributed by atoms with van der Waals surface area (Å²) in [6.07, 6.45) is 0. The minimum atomic E-state index is -0.304. The zero-order valence-corrected chi connectivity index (χ0v) is 17.3. The predicted octanol–water partition coefficient (Wildman–Crippen LogP) is 5.95. The fourth-order valence-corrected chi connectivity index (χ4v) is 4.06. The van der Waals surface area contributed by atoms with Crippen LogP contribution in [0.1, 0.15) is 17.3 Å². The van der Waals surface area contributed by atoms with Crippen LogP contribution in [0, 0.1) is 0 Å². The van der Waals surface area contributed by atoms with E-state index < -0.39 is 0 Å². The number of aromatic nitrogens is 3. The number of carbonyl (C=O) groups is 1. The van der Waals surface area contributed by atoms with E-state index in [0.29, 0.717) is 21.6 Å². The van der Waals surface area contributed by atoms with Crippen LogP contribution in [0.4, 0.5) is 0 Å². The number of para-hydroxylation sites is 1. The summed E-state index contributed by atoms with van der Waals surface area (Å²) in [5, 5.41) is 9.84. The van der Waals surface area contributed by atoms with Gasteiger partial charge in [-0.1, -0.05) is 71.9 Å². The maximum Gasteiger partial charge on any atom is 0.196 e. The smallest absolute Gasteiger partial charge is 0.196 e. The van der Waals surface area contributed by atoms with Crippen LogP contribution < -0.4 is 0 Å². The lowest BCUT2D eigenvalue weighted by molar-refractivity contribution is 0.0994. The van der Waals surface area contributed by atoms with Gasteiger partial charge in [0.25, 0.3) is 0 Å². The largest absolute Gasteiger partial charge is 0.293 e. The summed E-state index contributed by atoms with van der Waals surface area (Å²) in [5.74, 6) is 0.765. The number of benzene rings is 3. The van der Waals surface area contributed by atoms with Crippen molar-refractivity contribution in [2.24, 2.45) is 0 Å². The van der Waals surface area contributed by atoms with Crippen molar-refractivity contribution in [2.45, 2.75) is 17.3 Å². The molecular weight excluding hydrogens is 402 g/mol. The van der Waals surface area contributed by atoms with Crippen molar-refractivity contribution in [1.82, 2.24) is 14.8 Å². The lowest BCUT2D eigenvalue weighted by atomic mass is 10.1.